The average Bonchev–Trinajstić information content (AvgIpc) is 3.47. The Morgan fingerprint density at radius 3 is 1.20 bits per heavy atom. The SMILES string of the molecule is CC(C)(C)OC(=O)CCCCC(=O)CCCN1C(=O)C=CC1=O.O=C(O)C(F)(F)F.O=C(O)CCCCC(=O)CCCN1C(=O)C=CC1=O. The number of imide groups is 2. The first-order chi connectivity index (χ1) is 22.6. The predicted molar refractivity (Wildman–Crippen MR) is 164 cm³/mol. The summed E-state index contributed by atoms with van der Waals surface area (Å²) in [6, 6.07) is 0. The summed E-state index contributed by atoms with van der Waals surface area (Å²) in [7, 11) is 0. The van der Waals surface area contributed by atoms with Crippen molar-refractivity contribution in [2.45, 2.75) is 110 Å². The van der Waals surface area contributed by atoms with Gasteiger partial charge in [-0.1, -0.05) is 0 Å². The molecule has 0 aliphatic carbocycles. The number of rotatable bonds is 18. The van der Waals surface area contributed by atoms with Crippen LogP contribution in [-0.2, 0) is 47.9 Å². The molecule has 0 unspecified atom stereocenters. The molecule has 14 nitrogen and oxygen atoms in total. The number of hydrogen-bond donors (Lipinski definition) is 2. The molecule has 0 bridgehead atoms. The minimum absolute atomic E-state index is 0.0393. The molecular formula is C32H43F3N2O12. The third kappa shape index (κ3) is 21.7. The van der Waals surface area contributed by atoms with E-state index in [1.807, 2.05) is 20.8 Å². The highest BCUT2D eigenvalue weighted by Crippen LogP contribution is 2.14. The van der Waals surface area contributed by atoms with Crippen LogP contribution in [0.5, 0.6) is 0 Å². The highest BCUT2D eigenvalue weighted by atomic mass is 19.4. The number of unbranched alkanes of at least 4 members (excludes halogenated alkanes) is 2. The Morgan fingerprint density at radius 1 is 0.592 bits per heavy atom. The lowest BCUT2D eigenvalue weighted by Crippen LogP contribution is -2.31. The molecule has 2 aliphatic rings. The molecular weight excluding hydrogens is 661 g/mol. The van der Waals surface area contributed by atoms with E-state index in [9.17, 15) is 51.5 Å². The number of esters is 1. The Kier molecular flexibility index (Phi) is 19.9. The molecule has 0 aromatic rings. The minimum atomic E-state index is -5.08. The largest absolute Gasteiger partial charge is 0.490 e. The third-order valence-corrected chi connectivity index (χ3v) is 6.32. The van der Waals surface area contributed by atoms with Crippen molar-refractivity contribution in [1.29, 1.82) is 0 Å². The van der Waals surface area contributed by atoms with Gasteiger partial charge in [-0.25, -0.2) is 4.79 Å². The molecule has 0 aromatic heterocycles. The van der Waals surface area contributed by atoms with Gasteiger partial charge in [0.1, 0.15) is 17.2 Å². The first-order valence-corrected chi connectivity index (χ1v) is 15.5. The Labute approximate surface area is 281 Å². The fraction of sp³-hybridized carbons (Fsp3) is 0.594. The number of aliphatic carboxylic acids is 2. The van der Waals surface area contributed by atoms with Crippen molar-refractivity contribution in [2.75, 3.05) is 13.1 Å². The van der Waals surface area contributed by atoms with Gasteiger partial charge in [0, 0.05) is 75.9 Å². The average molecular weight is 705 g/mol. The predicted octanol–water partition coefficient (Wildman–Crippen LogP) is 3.70. The number of Topliss-reactive ketones (excluding diaryl/α,β-unsaturated/α-hetero) is 2. The molecule has 0 radical (unpaired) electrons. The number of carboxylic acid groups (broad SMARTS) is 2. The minimum Gasteiger partial charge on any atom is -0.481 e. The van der Waals surface area contributed by atoms with Crippen molar-refractivity contribution in [3.8, 4) is 0 Å². The van der Waals surface area contributed by atoms with Crippen LogP contribution in [-0.4, -0.2) is 98.0 Å². The van der Waals surface area contributed by atoms with E-state index in [-0.39, 0.29) is 60.7 Å². The van der Waals surface area contributed by atoms with E-state index in [1.165, 1.54) is 24.3 Å². The van der Waals surface area contributed by atoms with Crippen molar-refractivity contribution in [1.82, 2.24) is 9.80 Å². The fourth-order valence-electron chi connectivity index (χ4n) is 4.00. The van der Waals surface area contributed by atoms with Crippen LogP contribution in [0.4, 0.5) is 13.2 Å². The number of amides is 4. The summed E-state index contributed by atoms with van der Waals surface area (Å²) in [4.78, 5) is 101. The van der Waals surface area contributed by atoms with E-state index in [4.69, 9.17) is 19.7 Å². The van der Waals surface area contributed by atoms with Crippen LogP contribution >= 0.6 is 0 Å². The number of halogens is 3. The number of carboxylic acids is 2. The Bertz CT molecular complexity index is 1250. The van der Waals surface area contributed by atoms with Crippen LogP contribution in [0.3, 0.4) is 0 Å². The van der Waals surface area contributed by atoms with Gasteiger partial charge in [-0.05, 0) is 59.3 Å². The zero-order valence-electron chi connectivity index (χ0n) is 27.7. The number of hydrogen-bond acceptors (Lipinski definition) is 10. The maximum absolute atomic E-state index is 11.7. The summed E-state index contributed by atoms with van der Waals surface area (Å²) in [6.07, 6.45) is 4.87. The van der Waals surface area contributed by atoms with E-state index in [1.54, 1.807) is 0 Å². The van der Waals surface area contributed by atoms with E-state index in [0.29, 0.717) is 70.6 Å². The van der Waals surface area contributed by atoms with Crippen molar-refractivity contribution in [3.05, 3.63) is 24.3 Å². The number of ketones is 2. The van der Waals surface area contributed by atoms with Gasteiger partial charge in [0.15, 0.2) is 0 Å². The molecule has 2 heterocycles. The first-order valence-electron chi connectivity index (χ1n) is 15.5. The lowest BCUT2D eigenvalue weighted by Gasteiger charge is -2.19. The van der Waals surface area contributed by atoms with Crippen LogP contribution < -0.4 is 0 Å². The molecule has 0 spiro atoms. The standard InChI is InChI=1S/C17H25NO5.C13H17NO5.C2HF3O2/c1-17(2,3)23-16(22)9-5-4-7-13(19)8-6-12-18-14(20)10-11-15(18)21;15-10(4-1-2-6-13(18)19)5-3-9-14-11(16)7-8-12(14)17;3-2(4,5)1(6)7/h10-11H,4-9,12H2,1-3H3;7-8H,1-6,9H2,(H,18,19);(H,6,7). The zero-order valence-corrected chi connectivity index (χ0v) is 27.7. The molecule has 4 amide bonds. The smallest absolute Gasteiger partial charge is 0.481 e. The summed E-state index contributed by atoms with van der Waals surface area (Å²) in [5.41, 5.74) is -0.480. The Hall–Kier alpha value is -4.70. The van der Waals surface area contributed by atoms with Gasteiger partial charge in [0.2, 0.25) is 0 Å². The van der Waals surface area contributed by atoms with Crippen LogP contribution in [0.2, 0.25) is 0 Å². The molecule has 17 heteroatoms. The van der Waals surface area contributed by atoms with Gasteiger partial charge in [-0.3, -0.25) is 48.2 Å². The van der Waals surface area contributed by atoms with E-state index < -0.39 is 23.7 Å². The quantitative estimate of drug-likeness (QED) is 0.119. The van der Waals surface area contributed by atoms with E-state index in [2.05, 4.69) is 0 Å². The van der Waals surface area contributed by atoms with Crippen molar-refractivity contribution < 1.29 is 71.3 Å². The number of ether oxygens (including phenoxy) is 1. The van der Waals surface area contributed by atoms with Gasteiger partial charge >= 0.3 is 24.1 Å². The summed E-state index contributed by atoms with van der Waals surface area (Å²) >= 11 is 0. The third-order valence-electron chi connectivity index (χ3n) is 6.32. The van der Waals surface area contributed by atoms with Gasteiger partial charge < -0.3 is 14.9 Å². The second kappa shape index (κ2) is 22.0. The second-order valence-corrected chi connectivity index (χ2v) is 11.8. The number of carbonyl (C=O) groups excluding carboxylic acids is 7. The molecule has 2 aliphatic heterocycles. The van der Waals surface area contributed by atoms with Crippen molar-refractivity contribution in [3.63, 3.8) is 0 Å². The van der Waals surface area contributed by atoms with Crippen LogP contribution in [0.15, 0.2) is 24.3 Å². The topological polar surface area (TPSA) is 210 Å². The highest BCUT2D eigenvalue weighted by Gasteiger charge is 2.38. The molecule has 49 heavy (non-hydrogen) atoms. The van der Waals surface area contributed by atoms with Gasteiger partial charge in [-0.15, -0.1) is 0 Å². The van der Waals surface area contributed by atoms with Crippen LogP contribution in [0, 0.1) is 0 Å². The second-order valence-electron chi connectivity index (χ2n) is 11.8. The molecule has 0 aromatic carbocycles. The van der Waals surface area contributed by atoms with Crippen molar-refractivity contribution >= 4 is 53.1 Å². The van der Waals surface area contributed by atoms with E-state index in [0.717, 1.165) is 9.80 Å². The molecule has 2 rings (SSSR count). The zero-order chi connectivity index (χ0) is 37.8. The lowest BCUT2D eigenvalue weighted by molar-refractivity contribution is -0.192. The summed E-state index contributed by atoms with van der Waals surface area (Å²) < 4.78 is 36.9. The van der Waals surface area contributed by atoms with Gasteiger partial charge in [0.05, 0.1) is 0 Å². The molecule has 0 atom stereocenters. The number of nitrogens with zero attached hydrogens (tertiary/aromatic N) is 2. The first kappa shape index (κ1) is 44.3. The Balaban J connectivity index is 0.000000797. The van der Waals surface area contributed by atoms with Crippen LogP contribution in [0.25, 0.3) is 0 Å². The molecule has 2 N–H and O–H groups in total. The monoisotopic (exact) mass is 704 g/mol. The van der Waals surface area contributed by atoms with Gasteiger partial charge in [-0.2, -0.15) is 13.2 Å². The Morgan fingerprint density at radius 2 is 0.898 bits per heavy atom. The number of carbonyl (C=O) groups is 9. The number of alkyl halides is 3. The lowest BCUT2D eigenvalue weighted by atomic mass is 10.1. The summed E-state index contributed by atoms with van der Waals surface area (Å²) in [6.45, 7) is 5.99. The molecule has 0 saturated heterocycles. The van der Waals surface area contributed by atoms with Gasteiger partial charge in [0.25, 0.3) is 23.6 Å². The van der Waals surface area contributed by atoms with Crippen molar-refractivity contribution in [2.24, 2.45) is 0 Å². The molecule has 0 saturated carbocycles. The van der Waals surface area contributed by atoms with E-state index >= 15 is 0 Å². The fourth-order valence-corrected chi connectivity index (χ4v) is 4.00. The summed E-state index contributed by atoms with van der Waals surface area (Å²) in [5.74, 6) is -5.04. The maximum Gasteiger partial charge on any atom is 0.490 e. The summed E-state index contributed by atoms with van der Waals surface area (Å²) in [5, 5.41) is 15.6. The normalized spacial score (nSPS) is 13.9. The maximum atomic E-state index is 11.7. The van der Waals surface area contributed by atoms with Crippen LogP contribution in [0.1, 0.15) is 97.8 Å². The molecule has 0 fully saturated rings. The highest BCUT2D eigenvalue weighted by molar-refractivity contribution is 6.13. The molecule has 274 valence electrons.